The van der Waals surface area contributed by atoms with E-state index in [2.05, 4.69) is 33.6 Å². The van der Waals surface area contributed by atoms with Gasteiger partial charge in [0.05, 0.1) is 20.6 Å². The molecule has 2 nitrogen and oxygen atoms in total. The van der Waals surface area contributed by atoms with Crippen LogP contribution in [0, 0.1) is 0 Å². The topological polar surface area (TPSA) is 3.01 Å². The number of rotatable bonds is 1. The molecule has 0 aromatic rings. The van der Waals surface area contributed by atoms with Crippen LogP contribution in [-0.4, -0.2) is 49.0 Å². The zero-order valence-electron chi connectivity index (χ0n) is 7.55. The molecule has 0 aliphatic heterocycles. The standard InChI is InChI=1S/C7H17N2S/c1-6-9(4,5)7(10)8(2)3/h6H2,1-5H3/q+1/p+1. The normalized spacial score (nSPS) is 11.4. The minimum absolute atomic E-state index is 0.843. The molecule has 0 aromatic carbocycles. The van der Waals surface area contributed by atoms with Crippen molar-refractivity contribution in [1.29, 1.82) is 0 Å². The van der Waals surface area contributed by atoms with Crippen LogP contribution in [-0.2, 0) is 0 Å². The minimum Gasteiger partial charge on any atom is -0.235 e. The lowest BCUT2D eigenvalue weighted by Gasteiger charge is -2.22. The van der Waals surface area contributed by atoms with Crippen LogP contribution < -0.4 is 0 Å². The van der Waals surface area contributed by atoms with Crippen molar-refractivity contribution < 1.29 is 9.06 Å². The van der Waals surface area contributed by atoms with Crippen LogP contribution in [0.2, 0.25) is 0 Å². The Morgan fingerprint density at radius 3 is 1.90 bits per heavy atom. The first-order valence-electron chi connectivity index (χ1n) is 3.48. The van der Waals surface area contributed by atoms with E-state index >= 15 is 0 Å². The second-order valence-electron chi connectivity index (χ2n) is 3.20. The van der Waals surface area contributed by atoms with Gasteiger partial charge in [-0.1, -0.05) is 0 Å². The van der Waals surface area contributed by atoms with Gasteiger partial charge in [-0.3, -0.25) is 0 Å². The molecule has 0 heterocycles. The van der Waals surface area contributed by atoms with Crippen LogP contribution in [0.1, 0.15) is 6.92 Å². The van der Waals surface area contributed by atoms with Gasteiger partial charge in [-0.05, 0) is 19.6 Å². The molecule has 0 fully saturated rings. The maximum Gasteiger partial charge on any atom is 0.396 e. The summed E-state index contributed by atoms with van der Waals surface area (Å²) >= 11 is 4.40. The smallest absolute Gasteiger partial charge is 0.235 e. The summed E-state index contributed by atoms with van der Waals surface area (Å²) in [7, 11) is 8.31. The average molecular weight is 162 g/mol. The van der Waals surface area contributed by atoms with Crippen molar-refractivity contribution in [3.63, 3.8) is 0 Å². The second kappa shape index (κ2) is 3.39. The van der Waals surface area contributed by atoms with Crippen molar-refractivity contribution in [3.05, 3.63) is 0 Å². The second-order valence-corrected chi connectivity index (χ2v) is 3.60. The molecule has 0 saturated carbocycles. The van der Waals surface area contributed by atoms with Gasteiger partial charge in [0.1, 0.15) is 14.1 Å². The van der Waals surface area contributed by atoms with E-state index in [1.54, 1.807) is 0 Å². The Labute approximate surface area is 69.2 Å². The Balaban J connectivity index is 4.49. The molecule has 0 bridgehead atoms. The highest BCUT2D eigenvalue weighted by Crippen LogP contribution is 2.01. The fourth-order valence-corrected chi connectivity index (χ4v) is 0.824. The van der Waals surface area contributed by atoms with E-state index in [9.17, 15) is 0 Å². The summed E-state index contributed by atoms with van der Waals surface area (Å²) in [6.45, 7) is 3.22. The van der Waals surface area contributed by atoms with E-state index in [1.807, 2.05) is 18.7 Å². The third-order valence-corrected chi connectivity index (χ3v) is 2.67. The van der Waals surface area contributed by atoms with Crippen LogP contribution in [0.3, 0.4) is 0 Å². The summed E-state index contributed by atoms with van der Waals surface area (Å²) in [5.41, 5.74) is 0. The molecule has 0 saturated heterocycles. The Bertz CT molecular complexity index is 146. The molecule has 3 heteroatoms. The summed E-state index contributed by atoms with van der Waals surface area (Å²) in [4.78, 5) is 0. The maximum atomic E-state index is 4.40. The van der Waals surface area contributed by atoms with E-state index in [1.165, 1.54) is 0 Å². The molecule has 0 amide bonds. The van der Waals surface area contributed by atoms with Crippen LogP contribution in [0.4, 0.5) is 0 Å². The monoisotopic (exact) mass is 162 g/mol. The highest BCUT2D eigenvalue weighted by Gasteiger charge is 2.24. The lowest BCUT2D eigenvalue weighted by molar-refractivity contribution is -0.816. The summed E-state index contributed by atoms with van der Waals surface area (Å²) in [6.07, 6.45) is 0. The van der Waals surface area contributed by atoms with Gasteiger partial charge in [0, 0.05) is 0 Å². The number of quaternary nitrogens is 1. The van der Waals surface area contributed by atoms with Crippen LogP contribution >= 0.6 is 12.6 Å². The third-order valence-electron chi connectivity index (χ3n) is 1.73. The predicted octanol–water partition coefficient (Wildman–Crippen LogP) is 0.641. The van der Waals surface area contributed by atoms with Crippen molar-refractivity contribution >= 4 is 17.8 Å². The maximum absolute atomic E-state index is 4.40. The number of hydrogen-bond donors (Lipinski definition) is 1. The SMILES string of the molecule is CC[N+](C)(C)C(S)=[N+](C)C. The third kappa shape index (κ3) is 2.31. The van der Waals surface area contributed by atoms with Crippen LogP contribution in [0.15, 0.2) is 0 Å². The predicted molar refractivity (Wildman–Crippen MR) is 48.8 cm³/mol. The van der Waals surface area contributed by atoms with Gasteiger partial charge < -0.3 is 0 Å². The number of amidine groups is 1. The van der Waals surface area contributed by atoms with Crippen molar-refractivity contribution in [3.8, 4) is 0 Å². The fourth-order valence-electron chi connectivity index (χ4n) is 0.683. The summed E-state index contributed by atoms with van der Waals surface area (Å²) in [6, 6.07) is 0. The number of nitrogens with zero attached hydrogens (tertiary/aromatic N) is 2. The van der Waals surface area contributed by atoms with Crippen LogP contribution in [0.25, 0.3) is 0 Å². The Morgan fingerprint density at radius 1 is 1.40 bits per heavy atom. The van der Waals surface area contributed by atoms with E-state index in [0.29, 0.717) is 0 Å². The highest BCUT2D eigenvalue weighted by atomic mass is 32.1. The average Bonchev–Trinajstić information content (AvgIpc) is 1.86. The Morgan fingerprint density at radius 2 is 1.80 bits per heavy atom. The molecular weight excluding hydrogens is 144 g/mol. The van der Waals surface area contributed by atoms with Crippen molar-refractivity contribution in [2.24, 2.45) is 0 Å². The molecule has 10 heavy (non-hydrogen) atoms. The molecule has 0 aliphatic rings. The Hall–Kier alpha value is -0.0200. The van der Waals surface area contributed by atoms with Gasteiger partial charge in [0.25, 0.3) is 0 Å². The minimum atomic E-state index is 0.843. The van der Waals surface area contributed by atoms with E-state index in [-0.39, 0.29) is 0 Å². The van der Waals surface area contributed by atoms with E-state index in [0.717, 1.165) is 16.2 Å². The molecular formula is C7H18N2S+2. The summed E-state index contributed by atoms with van der Waals surface area (Å²) < 4.78 is 2.88. The van der Waals surface area contributed by atoms with Gasteiger partial charge in [-0.2, -0.15) is 4.58 Å². The summed E-state index contributed by atoms with van der Waals surface area (Å²) in [5.74, 6) is 0. The van der Waals surface area contributed by atoms with E-state index in [4.69, 9.17) is 0 Å². The molecule has 60 valence electrons. The fraction of sp³-hybridized carbons (Fsp3) is 0.857. The van der Waals surface area contributed by atoms with E-state index < -0.39 is 0 Å². The first kappa shape index (κ1) is 9.98. The first-order valence-corrected chi connectivity index (χ1v) is 3.93. The zero-order chi connectivity index (χ0) is 8.36. The van der Waals surface area contributed by atoms with Crippen molar-refractivity contribution in [1.82, 2.24) is 0 Å². The van der Waals surface area contributed by atoms with Gasteiger partial charge in [0.15, 0.2) is 0 Å². The highest BCUT2D eigenvalue weighted by molar-refractivity contribution is 7.96. The van der Waals surface area contributed by atoms with Crippen molar-refractivity contribution in [2.45, 2.75) is 6.92 Å². The largest absolute Gasteiger partial charge is 0.396 e. The lowest BCUT2D eigenvalue weighted by atomic mass is 10.5. The molecule has 0 aromatic heterocycles. The molecule has 0 aliphatic carbocycles. The van der Waals surface area contributed by atoms with Gasteiger partial charge in [0.2, 0.25) is 0 Å². The van der Waals surface area contributed by atoms with Gasteiger partial charge >= 0.3 is 5.17 Å². The van der Waals surface area contributed by atoms with Crippen molar-refractivity contribution in [2.75, 3.05) is 34.7 Å². The molecule has 0 radical (unpaired) electrons. The van der Waals surface area contributed by atoms with Gasteiger partial charge in [-0.15, -0.1) is 0 Å². The van der Waals surface area contributed by atoms with Gasteiger partial charge in [-0.25, -0.2) is 4.48 Å². The molecule has 0 rings (SSSR count). The van der Waals surface area contributed by atoms with Crippen LogP contribution in [0.5, 0.6) is 0 Å². The molecule has 0 atom stereocenters. The lowest BCUT2D eigenvalue weighted by Crippen LogP contribution is -2.45. The number of hydrogen-bond acceptors (Lipinski definition) is 0. The molecule has 0 spiro atoms. The zero-order valence-corrected chi connectivity index (χ0v) is 8.44. The quantitative estimate of drug-likeness (QED) is 0.189. The summed E-state index contributed by atoms with van der Waals surface area (Å²) in [5, 5.41) is 1.09. The molecule has 0 N–H and O–H groups in total. The number of thiol groups is 1. The molecule has 0 unspecified atom stereocenters. The Kier molecular flexibility index (Phi) is 3.39. The first-order chi connectivity index (χ1) is 4.41.